The normalized spacial score (nSPS) is 26.1. The summed E-state index contributed by atoms with van der Waals surface area (Å²) in [5.74, 6) is 0.504. The van der Waals surface area contributed by atoms with Crippen molar-refractivity contribution in [3.05, 3.63) is 30.1 Å². The lowest BCUT2D eigenvalue weighted by Gasteiger charge is -2.31. The second-order valence-electron chi connectivity index (χ2n) is 5.52. The standard InChI is InChI=1S/C15H21N3O.ClH/c19-15(13-5-2-8-17-11-13)18-9-3-6-14(18)12-4-1-7-16-10-12;/h1,4,7,10,13-14,17H,2-3,5-6,8-9,11H2;1H/t13-,14?;/m1./s1. The number of pyridine rings is 1. The summed E-state index contributed by atoms with van der Waals surface area (Å²) in [6, 6.07) is 4.28. The molecule has 1 unspecified atom stereocenters. The van der Waals surface area contributed by atoms with Crippen LogP contribution in [0.3, 0.4) is 0 Å². The van der Waals surface area contributed by atoms with Gasteiger partial charge in [0, 0.05) is 25.5 Å². The van der Waals surface area contributed by atoms with Gasteiger partial charge < -0.3 is 10.2 Å². The van der Waals surface area contributed by atoms with Crippen LogP contribution in [0.5, 0.6) is 0 Å². The number of rotatable bonds is 2. The maximum absolute atomic E-state index is 12.6. The van der Waals surface area contributed by atoms with Crippen LogP contribution < -0.4 is 5.32 Å². The molecule has 1 aromatic heterocycles. The number of carbonyl (C=O) groups is 1. The zero-order valence-corrected chi connectivity index (χ0v) is 12.4. The van der Waals surface area contributed by atoms with Crippen molar-refractivity contribution in [2.24, 2.45) is 5.92 Å². The first-order valence-corrected chi connectivity index (χ1v) is 7.27. The molecule has 0 radical (unpaired) electrons. The number of halogens is 1. The van der Waals surface area contributed by atoms with Crippen LogP contribution in [0.15, 0.2) is 24.5 Å². The summed E-state index contributed by atoms with van der Waals surface area (Å²) in [5.41, 5.74) is 1.18. The second kappa shape index (κ2) is 7.04. The lowest BCUT2D eigenvalue weighted by atomic mass is 9.97. The van der Waals surface area contributed by atoms with E-state index in [0.29, 0.717) is 5.91 Å². The molecule has 3 heterocycles. The van der Waals surface area contributed by atoms with Crippen LogP contribution >= 0.6 is 12.4 Å². The summed E-state index contributed by atoms with van der Waals surface area (Å²) in [6.45, 7) is 2.79. The van der Waals surface area contributed by atoms with E-state index < -0.39 is 0 Å². The molecule has 2 atom stereocenters. The molecule has 3 rings (SSSR count). The van der Waals surface area contributed by atoms with Gasteiger partial charge in [0.2, 0.25) is 5.91 Å². The summed E-state index contributed by atoms with van der Waals surface area (Å²) in [7, 11) is 0. The molecule has 110 valence electrons. The first kappa shape index (κ1) is 15.3. The molecule has 2 saturated heterocycles. The third-order valence-electron chi connectivity index (χ3n) is 4.25. The molecule has 2 fully saturated rings. The molecule has 1 N–H and O–H groups in total. The highest BCUT2D eigenvalue weighted by Crippen LogP contribution is 2.33. The maximum Gasteiger partial charge on any atom is 0.227 e. The number of piperidine rings is 1. The first-order chi connectivity index (χ1) is 9.36. The van der Waals surface area contributed by atoms with Crippen LogP contribution in [-0.4, -0.2) is 35.4 Å². The number of nitrogens with one attached hydrogen (secondary N) is 1. The highest BCUT2D eigenvalue weighted by molar-refractivity contribution is 5.85. The van der Waals surface area contributed by atoms with Gasteiger partial charge in [0.1, 0.15) is 0 Å². The fraction of sp³-hybridized carbons (Fsp3) is 0.600. The highest BCUT2D eigenvalue weighted by atomic mass is 35.5. The van der Waals surface area contributed by atoms with Gasteiger partial charge in [0.15, 0.2) is 0 Å². The molecule has 0 spiro atoms. The zero-order chi connectivity index (χ0) is 13.1. The number of hydrogen-bond donors (Lipinski definition) is 1. The Morgan fingerprint density at radius 3 is 2.95 bits per heavy atom. The molecular formula is C15H22ClN3O. The van der Waals surface area contributed by atoms with Gasteiger partial charge in [-0.25, -0.2) is 0 Å². The number of amides is 1. The van der Waals surface area contributed by atoms with Crippen LogP contribution in [0.2, 0.25) is 0 Å². The average Bonchev–Trinajstić information content (AvgIpc) is 2.98. The SMILES string of the molecule is Cl.O=C([C@@H]1CCCNC1)N1CCCC1c1cccnc1. The van der Waals surface area contributed by atoms with E-state index in [9.17, 15) is 4.79 Å². The smallest absolute Gasteiger partial charge is 0.227 e. The number of carbonyl (C=O) groups excluding carboxylic acids is 1. The van der Waals surface area contributed by atoms with Gasteiger partial charge in [-0.3, -0.25) is 9.78 Å². The molecule has 2 aliphatic heterocycles. The monoisotopic (exact) mass is 295 g/mol. The van der Waals surface area contributed by atoms with E-state index in [4.69, 9.17) is 0 Å². The lowest BCUT2D eigenvalue weighted by molar-refractivity contribution is -0.137. The third kappa shape index (κ3) is 3.13. The van der Waals surface area contributed by atoms with Gasteiger partial charge in [0.25, 0.3) is 0 Å². The van der Waals surface area contributed by atoms with E-state index in [-0.39, 0.29) is 24.4 Å². The average molecular weight is 296 g/mol. The van der Waals surface area contributed by atoms with Crippen molar-refractivity contribution >= 4 is 18.3 Å². The molecule has 4 nitrogen and oxygen atoms in total. The fourth-order valence-electron chi connectivity index (χ4n) is 3.25. The second-order valence-corrected chi connectivity index (χ2v) is 5.52. The zero-order valence-electron chi connectivity index (χ0n) is 11.6. The van der Waals surface area contributed by atoms with E-state index >= 15 is 0 Å². The minimum absolute atomic E-state index is 0. The van der Waals surface area contributed by atoms with E-state index in [0.717, 1.165) is 45.3 Å². The minimum atomic E-state index is 0. The van der Waals surface area contributed by atoms with Crippen LogP contribution in [0.1, 0.15) is 37.3 Å². The predicted octanol–water partition coefficient (Wildman–Crippen LogP) is 2.17. The molecular weight excluding hydrogens is 274 g/mol. The Kier molecular flexibility index (Phi) is 5.38. The number of hydrogen-bond acceptors (Lipinski definition) is 3. The lowest BCUT2D eigenvalue weighted by Crippen LogP contribution is -2.42. The molecule has 2 aliphatic rings. The van der Waals surface area contributed by atoms with E-state index in [1.807, 2.05) is 12.3 Å². The molecule has 20 heavy (non-hydrogen) atoms. The first-order valence-electron chi connectivity index (χ1n) is 7.27. The maximum atomic E-state index is 12.6. The van der Waals surface area contributed by atoms with Crippen molar-refractivity contribution in [2.45, 2.75) is 31.7 Å². The van der Waals surface area contributed by atoms with Crippen LogP contribution in [-0.2, 0) is 4.79 Å². The molecule has 1 aromatic rings. The molecule has 5 heteroatoms. The van der Waals surface area contributed by atoms with Crippen molar-refractivity contribution < 1.29 is 4.79 Å². The van der Waals surface area contributed by atoms with Crippen molar-refractivity contribution in [3.8, 4) is 0 Å². The summed E-state index contributed by atoms with van der Waals surface area (Å²) in [5, 5.41) is 3.33. The summed E-state index contributed by atoms with van der Waals surface area (Å²) in [6.07, 6.45) is 8.00. The highest BCUT2D eigenvalue weighted by Gasteiger charge is 2.34. The van der Waals surface area contributed by atoms with Gasteiger partial charge in [-0.2, -0.15) is 0 Å². The van der Waals surface area contributed by atoms with E-state index in [1.54, 1.807) is 6.20 Å². The Bertz CT molecular complexity index is 434. The van der Waals surface area contributed by atoms with Crippen molar-refractivity contribution in [1.29, 1.82) is 0 Å². The Hall–Kier alpha value is -1.13. The Balaban J connectivity index is 0.00000147. The topological polar surface area (TPSA) is 45.2 Å². The number of likely N-dealkylation sites (tertiary alicyclic amines) is 1. The van der Waals surface area contributed by atoms with Crippen LogP contribution in [0, 0.1) is 5.92 Å². The Morgan fingerprint density at radius 1 is 1.35 bits per heavy atom. The van der Waals surface area contributed by atoms with Crippen LogP contribution in [0.4, 0.5) is 0 Å². The third-order valence-corrected chi connectivity index (χ3v) is 4.25. The number of aromatic nitrogens is 1. The summed E-state index contributed by atoms with van der Waals surface area (Å²) in [4.78, 5) is 18.9. The van der Waals surface area contributed by atoms with Gasteiger partial charge >= 0.3 is 0 Å². The van der Waals surface area contributed by atoms with E-state index in [2.05, 4.69) is 21.3 Å². The van der Waals surface area contributed by atoms with Crippen LogP contribution in [0.25, 0.3) is 0 Å². The van der Waals surface area contributed by atoms with Gasteiger partial charge in [0.05, 0.1) is 12.0 Å². The van der Waals surface area contributed by atoms with Crippen molar-refractivity contribution in [2.75, 3.05) is 19.6 Å². The van der Waals surface area contributed by atoms with Gasteiger partial charge in [-0.1, -0.05) is 6.07 Å². The van der Waals surface area contributed by atoms with Crippen molar-refractivity contribution in [3.63, 3.8) is 0 Å². The van der Waals surface area contributed by atoms with E-state index in [1.165, 1.54) is 5.56 Å². The molecule has 0 aromatic carbocycles. The number of nitrogens with zero attached hydrogens (tertiary/aromatic N) is 2. The predicted molar refractivity (Wildman–Crippen MR) is 80.8 cm³/mol. The summed E-state index contributed by atoms with van der Waals surface area (Å²) < 4.78 is 0. The quantitative estimate of drug-likeness (QED) is 0.909. The summed E-state index contributed by atoms with van der Waals surface area (Å²) >= 11 is 0. The fourth-order valence-corrected chi connectivity index (χ4v) is 3.25. The van der Waals surface area contributed by atoms with Gasteiger partial charge in [-0.15, -0.1) is 12.4 Å². The largest absolute Gasteiger partial charge is 0.335 e. The molecule has 0 aliphatic carbocycles. The van der Waals surface area contributed by atoms with Crippen molar-refractivity contribution in [1.82, 2.24) is 15.2 Å². The molecule has 1 amide bonds. The Labute approximate surface area is 126 Å². The molecule has 0 bridgehead atoms. The van der Waals surface area contributed by atoms with Gasteiger partial charge in [-0.05, 0) is 43.9 Å². The minimum Gasteiger partial charge on any atom is -0.335 e. The molecule has 0 saturated carbocycles. The Morgan fingerprint density at radius 2 is 2.25 bits per heavy atom.